The quantitative estimate of drug-likeness (QED) is 0.290. The van der Waals surface area contributed by atoms with E-state index in [0.29, 0.717) is 23.5 Å². The SMILES string of the molecule is C=C(Nc1ccc2c(c1)CCCC2)c1n[nH]c2ccc(-c3cc(CN4CCCCC4)cc(F)c3F)cc12. The van der Waals surface area contributed by atoms with Crippen LogP contribution in [-0.2, 0) is 19.4 Å². The van der Waals surface area contributed by atoms with Crippen LogP contribution < -0.4 is 5.32 Å². The predicted octanol–water partition coefficient (Wildman–Crippen LogP) is 7.46. The summed E-state index contributed by atoms with van der Waals surface area (Å²) < 4.78 is 29.7. The molecule has 190 valence electrons. The second kappa shape index (κ2) is 10.1. The molecule has 1 aromatic heterocycles. The Hall–Kier alpha value is -3.51. The summed E-state index contributed by atoms with van der Waals surface area (Å²) in [6.07, 6.45) is 8.25. The van der Waals surface area contributed by atoms with Crippen molar-refractivity contribution in [2.45, 2.75) is 51.5 Å². The minimum absolute atomic E-state index is 0.273. The van der Waals surface area contributed by atoms with Gasteiger partial charge in [-0.25, -0.2) is 8.78 Å². The van der Waals surface area contributed by atoms with Gasteiger partial charge in [0.1, 0.15) is 5.69 Å². The summed E-state index contributed by atoms with van der Waals surface area (Å²) in [5.74, 6) is -1.63. The number of aryl methyl sites for hydroxylation is 2. The maximum Gasteiger partial charge on any atom is 0.166 e. The monoisotopic (exact) mass is 498 g/mol. The number of likely N-dealkylation sites (tertiary alicyclic amines) is 1. The van der Waals surface area contributed by atoms with Crippen LogP contribution in [0.15, 0.2) is 55.1 Å². The molecule has 0 amide bonds. The summed E-state index contributed by atoms with van der Waals surface area (Å²) in [6, 6.07) is 15.1. The van der Waals surface area contributed by atoms with Gasteiger partial charge in [-0.05, 0) is 110 Å². The summed E-state index contributed by atoms with van der Waals surface area (Å²) in [4.78, 5) is 2.31. The molecule has 1 aliphatic carbocycles. The number of hydrogen-bond acceptors (Lipinski definition) is 3. The number of nitrogens with one attached hydrogen (secondary N) is 2. The maximum absolute atomic E-state index is 15.0. The molecule has 0 atom stereocenters. The first-order valence-corrected chi connectivity index (χ1v) is 13.3. The molecule has 4 nitrogen and oxygen atoms in total. The number of rotatable bonds is 6. The van der Waals surface area contributed by atoms with Crippen LogP contribution >= 0.6 is 0 Å². The van der Waals surface area contributed by atoms with Crippen molar-refractivity contribution in [3.05, 3.63) is 89.1 Å². The number of H-pyrrole nitrogens is 1. The highest BCUT2D eigenvalue weighted by molar-refractivity contribution is 5.95. The molecule has 0 bridgehead atoms. The Bertz CT molecular complexity index is 1470. The number of hydrogen-bond donors (Lipinski definition) is 2. The number of aromatic nitrogens is 2. The summed E-state index contributed by atoms with van der Waals surface area (Å²) in [6.45, 7) is 6.86. The molecule has 0 radical (unpaired) electrons. The lowest BCUT2D eigenvalue weighted by Gasteiger charge is -2.26. The van der Waals surface area contributed by atoms with Crippen LogP contribution in [0.3, 0.4) is 0 Å². The van der Waals surface area contributed by atoms with Gasteiger partial charge < -0.3 is 5.32 Å². The van der Waals surface area contributed by atoms with Crippen molar-refractivity contribution in [3.8, 4) is 11.1 Å². The molecule has 1 aliphatic heterocycles. The number of piperidine rings is 1. The molecular formula is C31H32F2N4. The normalized spacial score (nSPS) is 16.1. The first-order valence-electron chi connectivity index (χ1n) is 13.3. The zero-order valence-corrected chi connectivity index (χ0v) is 21.0. The average Bonchev–Trinajstić information content (AvgIpc) is 3.35. The van der Waals surface area contributed by atoms with Crippen LogP contribution in [-0.4, -0.2) is 28.2 Å². The summed E-state index contributed by atoms with van der Waals surface area (Å²) >= 11 is 0. The highest BCUT2D eigenvalue weighted by Crippen LogP contribution is 2.32. The zero-order chi connectivity index (χ0) is 25.4. The Balaban J connectivity index is 1.29. The van der Waals surface area contributed by atoms with Gasteiger partial charge in [-0.2, -0.15) is 5.10 Å². The lowest BCUT2D eigenvalue weighted by atomic mass is 9.91. The van der Waals surface area contributed by atoms with Gasteiger partial charge in [-0.15, -0.1) is 0 Å². The third-order valence-corrected chi connectivity index (χ3v) is 7.75. The molecule has 2 aliphatic rings. The highest BCUT2D eigenvalue weighted by atomic mass is 19.2. The van der Waals surface area contributed by atoms with Crippen molar-refractivity contribution in [2.24, 2.45) is 0 Å². The van der Waals surface area contributed by atoms with E-state index in [4.69, 9.17) is 0 Å². The summed E-state index contributed by atoms with van der Waals surface area (Å²) in [5.41, 5.74) is 7.62. The van der Waals surface area contributed by atoms with Crippen molar-refractivity contribution in [1.29, 1.82) is 0 Å². The predicted molar refractivity (Wildman–Crippen MR) is 146 cm³/mol. The van der Waals surface area contributed by atoms with Crippen LogP contribution in [0.5, 0.6) is 0 Å². The number of aromatic amines is 1. The van der Waals surface area contributed by atoms with Crippen LogP contribution in [0.2, 0.25) is 0 Å². The standard InChI is InChI=1S/C31H32F2N4/c1-20(34-25-11-9-22-7-3-4-8-23(22)17-25)31-27-18-24(10-12-29(27)35-36-31)26-15-21(16-28(32)30(26)33)19-37-13-5-2-6-14-37/h9-12,15-18,34H,1-8,13-14,19H2,(H,35,36). The maximum atomic E-state index is 15.0. The van der Waals surface area contributed by atoms with Gasteiger partial charge in [0, 0.05) is 23.2 Å². The van der Waals surface area contributed by atoms with Gasteiger partial charge in [-0.3, -0.25) is 10.00 Å². The number of halogens is 2. The van der Waals surface area contributed by atoms with E-state index < -0.39 is 11.6 Å². The average molecular weight is 499 g/mol. The van der Waals surface area contributed by atoms with Gasteiger partial charge in [0.05, 0.1) is 11.2 Å². The molecular weight excluding hydrogens is 466 g/mol. The van der Waals surface area contributed by atoms with E-state index in [1.165, 1.54) is 36.5 Å². The van der Waals surface area contributed by atoms with Crippen LogP contribution in [0.25, 0.3) is 27.7 Å². The van der Waals surface area contributed by atoms with Crippen LogP contribution in [0.1, 0.15) is 54.5 Å². The third-order valence-electron chi connectivity index (χ3n) is 7.75. The van der Waals surface area contributed by atoms with E-state index in [2.05, 4.69) is 45.2 Å². The second-order valence-electron chi connectivity index (χ2n) is 10.4. The molecule has 3 aromatic carbocycles. The highest BCUT2D eigenvalue weighted by Gasteiger charge is 2.18. The second-order valence-corrected chi connectivity index (χ2v) is 10.4. The van der Waals surface area contributed by atoms with E-state index in [1.54, 1.807) is 6.07 Å². The van der Waals surface area contributed by atoms with E-state index in [-0.39, 0.29) is 5.56 Å². The van der Waals surface area contributed by atoms with Gasteiger partial charge in [0.25, 0.3) is 0 Å². The largest absolute Gasteiger partial charge is 0.354 e. The van der Waals surface area contributed by atoms with E-state index in [0.717, 1.165) is 60.9 Å². The van der Waals surface area contributed by atoms with E-state index in [9.17, 15) is 4.39 Å². The smallest absolute Gasteiger partial charge is 0.166 e. The molecule has 2 N–H and O–H groups in total. The summed E-state index contributed by atoms with van der Waals surface area (Å²) in [5, 5.41) is 11.8. The van der Waals surface area contributed by atoms with Crippen molar-refractivity contribution in [3.63, 3.8) is 0 Å². The van der Waals surface area contributed by atoms with Gasteiger partial charge in [-0.1, -0.05) is 25.1 Å². The topological polar surface area (TPSA) is 44.0 Å². The molecule has 6 heteroatoms. The minimum Gasteiger partial charge on any atom is -0.354 e. The minimum atomic E-state index is -0.821. The Kier molecular flexibility index (Phi) is 6.51. The fourth-order valence-electron chi connectivity index (χ4n) is 5.78. The van der Waals surface area contributed by atoms with E-state index >= 15 is 4.39 Å². The fraction of sp³-hybridized carbons (Fsp3) is 0.323. The zero-order valence-electron chi connectivity index (χ0n) is 21.0. The van der Waals surface area contributed by atoms with Crippen molar-refractivity contribution < 1.29 is 8.78 Å². The number of fused-ring (bicyclic) bond motifs is 2. The molecule has 1 saturated heterocycles. The fourth-order valence-corrected chi connectivity index (χ4v) is 5.78. The lowest BCUT2D eigenvalue weighted by molar-refractivity contribution is 0.220. The van der Waals surface area contributed by atoms with Crippen molar-refractivity contribution >= 4 is 22.3 Å². The van der Waals surface area contributed by atoms with Gasteiger partial charge in [0.2, 0.25) is 0 Å². The van der Waals surface area contributed by atoms with Gasteiger partial charge >= 0.3 is 0 Å². The molecule has 0 unspecified atom stereocenters. The lowest BCUT2D eigenvalue weighted by Crippen LogP contribution is -2.29. The van der Waals surface area contributed by atoms with Crippen molar-refractivity contribution in [1.82, 2.24) is 15.1 Å². The molecule has 37 heavy (non-hydrogen) atoms. The number of benzene rings is 3. The first kappa shape index (κ1) is 23.9. The molecule has 4 aromatic rings. The molecule has 0 saturated carbocycles. The van der Waals surface area contributed by atoms with Crippen molar-refractivity contribution in [2.75, 3.05) is 18.4 Å². The Morgan fingerprint density at radius 3 is 2.57 bits per heavy atom. The molecule has 1 fully saturated rings. The Morgan fingerprint density at radius 2 is 1.73 bits per heavy atom. The van der Waals surface area contributed by atoms with Crippen LogP contribution in [0, 0.1) is 11.6 Å². The van der Waals surface area contributed by atoms with Gasteiger partial charge in [0.15, 0.2) is 11.6 Å². The van der Waals surface area contributed by atoms with Crippen LogP contribution in [0.4, 0.5) is 14.5 Å². The molecule has 0 spiro atoms. The first-order chi connectivity index (χ1) is 18.0. The Labute approximate surface area is 216 Å². The molecule has 2 heterocycles. The molecule has 6 rings (SSSR count). The third kappa shape index (κ3) is 4.90. The van der Waals surface area contributed by atoms with E-state index in [1.807, 2.05) is 18.2 Å². The number of nitrogens with zero attached hydrogens (tertiary/aromatic N) is 2. The summed E-state index contributed by atoms with van der Waals surface area (Å²) in [7, 11) is 0. The number of anilines is 1. The Morgan fingerprint density at radius 1 is 0.919 bits per heavy atom.